The second kappa shape index (κ2) is 9.41. The van der Waals surface area contributed by atoms with Crippen LogP contribution in [-0.4, -0.2) is 30.9 Å². The van der Waals surface area contributed by atoms with E-state index < -0.39 is 0 Å². The van der Waals surface area contributed by atoms with Gasteiger partial charge in [0, 0.05) is 19.5 Å². The highest BCUT2D eigenvalue weighted by molar-refractivity contribution is 5.85. The summed E-state index contributed by atoms with van der Waals surface area (Å²) in [5, 5.41) is 0. The van der Waals surface area contributed by atoms with Gasteiger partial charge in [-0.05, 0) is 6.42 Å². The Balaban J connectivity index is 1.94. The van der Waals surface area contributed by atoms with Gasteiger partial charge in [0.25, 0.3) is 0 Å². The minimum absolute atomic E-state index is 0.664. The molecule has 0 spiro atoms. The summed E-state index contributed by atoms with van der Waals surface area (Å²) in [4.78, 5) is 6.94. The third-order valence-electron chi connectivity index (χ3n) is 4.03. The lowest BCUT2D eigenvalue weighted by atomic mass is 10.00. The molecule has 2 heteroatoms. The molecule has 0 fully saturated rings. The van der Waals surface area contributed by atoms with Gasteiger partial charge >= 0.3 is 0 Å². The third kappa shape index (κ3) is 5.88. The molecule has 1 aliphatic heterocycles. The van der Waals surface area contributed by atoms with Crippen molar-refractivity contribution in [1.29, 1.82) is 0 Å². The van der Waals surface area contributed by atoms with Gasteiger partial charge < -0.3 is 4.90 Å². The molecule has 1 rings (SSSR count). The molecule has 1 aliphatic rings. The molecule has 0 amide bonds. The first-order valence-electron chi connectivity index (χ1n) is 8.01. The van der Waals surface area contributed by atoms with E-state index in [0.29, 0.717) is 5.92 Å². The monoisotopic (exact) mass is 252 g/mol. The Bertz CT molecular complexity index is 235. The van der Waals surface area contributed by atoms with Gasteiger partial charge in [0.2, 0.25) is 0 Å². The summed E-state index contributed by atoms with van der Waals surface area (Å²) < 4.78 is 0. The highest BCUT2D eigenvalue weighted by Gasteiger charge is 2.18. The fraction of sp³-hybridized carbons (Fsp3) is 0.938. The zero-order valence-corrected chi connectivity index (χ0v) is 12.7. The van der Waals surface area contributed by atoms with Crippen molar-refractivity contribution in [3.05, 3.63) is 0 Å². The Hall–Kier alpha value is -0.530. The Morgan fingerprint density at radius 3 is 2.22 bits per heavy atom. The van der Waals surface area contributed by atoms with Crippen LogP contribution >= 0.6 is 0 Å². The van der Waals surface area contributed by atoms with E-state index in [9.17, 15) is 0 Å². The predicted octanol–water partition coefficient (Wildman–Crippen LogP) is 4.50. The van der Waals surface area contributed by atoms with Gasteiger partial charge in [0.05, 0.1) is 6.54 Å². The fourth-order valence-electron chi connectivity index (χ4n) is 2.80. The molecule has 18 heavy (non-hydrogen) atoms. The Morgan fingerprint density at radius 1 is 1.06 bits per heavy atom. The number of aliphatic imine (C=N–C) groups is 1. The maximum absolute atomic E-state index is 4.61. The van der Waals surface area contributed by atoms with Crippen LogP contribution in [0.15, 0.2) is 4.99 Å². The average molecular weight is 252 g/mol. The van der Waals surface area contributed by atoms with Crippen LogP contribution in [0, 0.1) is 5.92 Å². The summed E-state index contributed by atoms with van der Waals surface area (Å²) in [6.07, 6.45) is 12.6. The summed E-state index contributed by atoms with van der Waals surface area (Å²) in [6, 6.07) is 0. The number of amidine groups is 1. The number of hydrogen-bond acceptors (Lipinski definition) is 2. The SMILES string of the molecule is CCCCCCCCCCC(C)C1=NCCN1C. The zero-order chi connectivity index (χ0) is 13.2. The summed E-state index contributed by atoms with van der Waals surface area (Å²) >= 11 is 0. The van der Waals surface area contributed by atoms with Gasteiger partial charge in [-0.25, -0.2) is 0 Å². The molecule has 1 heterocycles. The molecular weight excluding hydrogens is 220 g/mol. The molecule has 106 valence electrons. The number of likely N-dealkylation sites (N-methyl/N-ethyl adjacent to an activating group) is 1. The highest BCUT2D eigenvalue weighted by Crippen LogP contribution is 2.17. The molecule has 0 saturated heterocycles. The second-order valence-electron chi connectivity index (χ2n) is 5.83. The van der Waals surface area contributed by atoms with E-state index in [0.717, 1.165) is 13.1 Å². The van der Waals surface area contributed by atoms with Crippen molar-refractivity contribution < 1.29 is 0 Å². The summed E-state index contributed by atoms with van der Waals surface area (Å²) in [6.45, 7) is 6.75. The van der Waals surface area contributed by atoms with Crippen molar-refractivity contribution in [2.75, 3.05) is 20.1 Å². The predicted molar refractivity (Wildman–Crippen MR) is 81.3 cm³/mol. The lowest BCUT2D eigenvalue weighted by molar-refractivity contribution is 0.490. The largest absolute Gasteiger partial charge is 0.361 e. The van der Waals surface area contributed by atoms with Gasteiger partial charge in [-0.15, -0.1) is 0 Å². The van der Waals surface area contributed by atoms with Gasteiger partial charge in [-0.2, -0.15) is 0 Å². The van der Waals surface area contributed by atoms with E-state index in [1.807, 2.05) is 0 Å². The molecule has 0 aromatic carbocycles. The smallest absolute Gasteiger partial charge is 0.102 e. The average Bonchev–Trinajstić information content (AvgIpc) is 2.79. The molecule has 0 radical (unpaired) electrons. The van der Waals surface area contributed by atoms with Gasteiger partial charge in [-0.1, -0.05) is 65.2 Å². The standard InChI is InChI=1S/C16H32N2/c1-4-5-6-7-8-9-10-11-12-15(2)16-17-13-14-18(16)3/h15H,4-14H2,1-3H3. The molecule has 0 bridgehead atoms. The van der Waals surface area contributed by atoms with Gasteiger partial charge in [0.15, 0.2) is 0 Å². The minimum Gasteiger partial charge on any atom is -0.361 e. The fourth-order valence-corrected chi connectivity index (χ4v) is 2.80. The number of hydrogen-bond donors (Lipinski definition) is 0. The molecule has 1 unspecified atom stereocenters. The maximum Gasteiger partial charge on any atom is 0.102 e. The first-order chi connectivity index (χ1) is 8.75. The first kappa shape index (κ1) is 15.5. The van der Waals surface area contributed by atoms with Crippen LogP contribution in [0.5, 0.6) is 0 Å². The van der Waals surface area contributed by atoms with Crippen LogP contribution in [0.1, 0.15) is 71.6 Å². The summed E-state index contributed by atoms with van der Waals surface area (Å²) in [5.74, 6) is 2.01. The van der Waals surface area contributed by atoms with E-state index in [2.05, 4.69) is 30.8 Å². The molecule has 2 nitrogen and oxygen atoms in total. The second-order valence-corrected chi connectivity index (χ2v) is 5.83. The molecule has 1 atom stereocenters. The van der Waals surface area contributed by atoms with E-state index in [4.69, 9.17) is 0 Å². The molecule has 0 saturated carbocycles. The Morgan fingerprint density at radius 2 is 1.67 bits per heavy atom. The minimum atomic E-state index is 0.664. The first-order valence-corrected chi connectivity index (χ1v) is 8.01. The van der Waals surface area contributed by atoms with Crippen LogP contribution in [0.2, 0.25) is 0 Å². The van der Waals surface area contributed by atoms with Crippen LogP contribution in [0.3, 0.4) is 0 Å². The highest BCUT2D eigenvalue weighted by atomic mass is 15.2. The third-order valence-corrected chi connectivity index (χ3v) is 4.03. The number of nitrogens with zero attached hydrogens (tertiary/aromatic N) is 2. The normalized spacial score (nSPS) is 17.1. The topological polar surface area (TPSA) is 15.6 Å². The van der Waals surface area contributed by atoms with Gasteiger partial charge in [-0.3, -0.25) is 4.99 Å². The van der Waals surface area contributed by atoms with Crippen molar-refractivity contribution >= 4 is 5.84 Å². The van der Waals surface area contributed by atoms with E-state index in [1.54, 1.807) is 0 Å². The number of rotatable bonds is 10. The van der Waals surface area contributed by atoms with Crippen molar-refractivity contribution in [3.63, 3.8) is 0 Å². The van der Waals surface area contributed by atoms with Crippen LogP contribution < -0.4 is 0 Å². The Labute approximate surface area is 114 Å². The zero-order valence-electron chi connectivity index (χ0n) is 12.7. The van der Waals surface area contributed by atoms with E-state index in [-0.39, 0.29) is 0 Å². The van der Waals surface area contributed by atoms with Crippen LogP contribution in [-0.2, 0) is 0 Å². The lowest BCUT2D eigenvalue weighted by Crippen LogP contribution is -2.28. The quantitative estimate of drug-likeness (QED) is 0.523. The summed E-state index contributed by atoms with van der Waals surface area (Å²) in [5.41, 5.74) is 0. The molecule has 0 aliphatic carbocycles. The summed E-state index contributed by atoms with van der Waals surface area (Å²) in [7, 11) is 2.18. The molecular formula is C16H32N2. The maximum atomic E-state index is 4.61. The van der Waals surface area contributed by atoms with Crippen molar-refractivity contribution in [2.24, 2.45) is 10.9 Å². The van der Waals surface area contributed by atoms with Crippen molar-refractivity contribution in [3.8, 4) is 0 Å². The molecule has 0 N–H and O–H groups in total. The molecule has 0 aromatic rings. The van der Waals surface area contributed by atoms with Crippen molar-refractivity contribution in [1.82, 2.24) is 4.90 Å². The van der Waals surface area contributed by atoms with E-state index in [1.165, 1.54) is 63.6 Å². The number of unbranched alkanes of at least 4 members (excludes halogenated alkanes) is 7. The Kier molecular flexibility index (Phi) is 8.11. The van der Waals surface area contributed by atoms with Crippen LogP contribution in [0.4, 0.5) is 0 Å². The van der Waals surface area contributed by atoms with Crippen molar-refractivity contribution in [2.45, 2.75) is 71.6 Å². The molecule has 0 aromatic heterocycles. The van der Waals surface area contributed by atoms with Crippen LogP contribution in [0.25, 0.3) is 0 Å². The lowest BCUT2D eigenvalue weighted by Gasteiger charge is -2.19. The van der Waals surface area contributed by atoms with Gasteiger partial charge in [0.1, 0.15) is 5.84 Å². The van der Waals surface area contributed by atoms with E-state index >= 15 is 0 Å².